The Morgan fingerprint density at radius 2 is 2.15 bits per heavy atom. The Morgan fingerprint density at radius 1 is 1.40 bits per heavy atom. The number of carboxylic acids is 1. The highest BCUT2D eigenvalue weighted by atomic mass is 16.5. The minimum absolute atomic E-state index is 0.0996. The SMILES string of the molecule is CC1CCC(c2noc(-c3[nH]cnc3C(=O)O)n2)CC1. The first-order valence-corrected chi connectivity index (χ1v) is 6.75. The van der Waals surface area contributed by atoms with E-state index in [0.29, 0.717) is 11.7 Å². The summed E-state index contributed by atoms with van der Waals surface area (Å²) in [5, 5.41) is 13.0. The van der Waals surface area contributed by atoms with Crippen molar-refractivity contribution in [3.05, 3.63) is 17.8 Å². The molecule has 0 radical (unpaired) electrons. The van der Waals surface area contributed by atoms with Crippen LogP contribution < -0.4 is 0 Å². The summed E-state index contributed by atoms with van der Waals surface area (Å²) >= 11 is 0. The van der Waals surface area contributed by atoms with Crippen molar-refractivity contribution in [1.29, 1.82) is 0 Å². The van der Waals surface area contributed by atoms with E-state index in [0.717, 1.165) is 18.8 Å². The monoisotopic (exact) mass is 276 g/mol. The van der Waals surface area contributed by atoms with Gasteiger partial charge in [-0.05, 0) is 18.8 Å². The molecule has 2 N–H and O–H groups in total. The molecule has 2 aromatic rings. The van der Waals surface area contributed by atoms with Crippen molar-refractivity contribution in [3.8, 4) is 11.6 Å². The molecule has 1 aliphatic carbocycles. The molecular formula is C13H16N4O3. The van der Waals surface area contributed by atoms with Crippen molar-refractivity contribution in [2.24, 2.45) is 5.92 Å². The first kappa shape index (κ1) is 12.8. The molecule has 0 aliphatic heterocycles. The molecule has 0 atom stereocenters. The molecule has 0 spiro atoms. The molecule has 2 aromatic heterocycles. The zero-order valence-electron chi connectivity index (χ0n) is 11.2. The van der Waals surface area contributed by atoms with Crippen LogP contribution in [0.25, 0.3) is 11.6 Å². The number of nitrogens with zero attached hydrogens (tertiary/aromatic N) is 3. The average Bonchev–Trinajstić information content (AvgIpc) is 3.08. The highest BCUT2D eigenvalue weighted by Crippen LogP contribution is 2.34. The lowest BCUT2D eigenvalue weighted by molar-refractivity contribution is 0.0691. The van der Waals surface area contributed by atoms with Crippen LogP contribution in [0.3, 0.4) is 0 Å². The second-order valence-corrected chi connectivity index (χ2v) is 5.35. The van der Waals surface area contributed by atoms with Gasteiger partial charge in [-0.25, -0.2) is 9.78 Å². The van der Waals surface area contributed by atoms with E-state index in [9.17, 15) is 4.79 Å². The van der Waals surface area contributed by atoms with E-state index >= 15 is 0 Å². The Bertz CT molecular complexity index is 611. The van der Waals surface area contributed by atoms with E-state index in [1.165, 1.54) is 19.2 Å². The fourth-order valence-corrected chi connectivity index (χ4v) is 2.64. The van der Waals surface area contributed by atoms with Gasteiger partial charge < -0.3 is 14.6 Å². The maximum atomic E-state index is 11.0. The molecule has 20 heavy (non-hydrogen) atoms. The van der Waals surface area contributed by atoms with Crippen LogP contribution in [0.1, 0.15) is 54.8 Å². The summed E-state index contributed by atoms with van der Waals surface area (Å²) < 4.78 is 5.18. The lowest BCUT2D eigenvalue weighted by atomic mass is 9.83. The summed E-state index contributed by atoms with van der Waals surface area (Å²) in [6, 6.07) is 0. The third kappa shape index (κ3) is 2.31. The van der Waals surface area contributed by atoms with Gasteiger partial charge in [0.05, 0.1) is 6.33 Å². The van der Waals surface area contributed by atoms with E-state index in [4.69, 9.17) is 9.63 Å². The minimum Gasteiger partial charge on any atom is -0.476 e. The van der Waals surface area contributed by atoms with Crippen LogP contribution in [-0.4, -0.2) is 31.2 Å². The topological polar surface area (TPSA) is 105 Å². The largest absolute Gasteiger partial charge is 0.476 e. The first-order chi connectivity index (χ1) is 9.65. The second-order valence-electron chi connectivity index (χ2n) is 5.35. The number of hydrogen-bond donors (Lipinski definition) is 2. The lowest BCUT2D eigenvalue weighted by Crippen LogP contribution is -2.11. The summed E-state index contributed by atoms with van der Waals surface area (Å²) in [6.07, 6.45) is 5.74. The third-order valence-corrected chi connectivity index (χ3v) is 3.88. The van der Waals surface area contributed by atoms with Gasteiger partial charge in [0.15, 0.2) is 11.5 Å². The predicted molar refractivity (Wildman–Crippen MR) is 69.2 cm³/mol. The van der Waals surface area contributed by atoms with Crippen LogP contribution in [-0.2, 0) is 0 Å². The van der Waals surface area contributed by atoms with Crippen molar-refractivity contribution in [2.75, 3.05) is 0 Å². The van der Waals surface area contributed by atoms with Gasteiger partial charge in [-0.1, -0.05) is 24.9 Å². The van der Waals surface area contributed by atoms with E-state index in [-0.39, 0.29) is 17.3 Å². The highest BCUT2D eigenvalue weighted by Gasteiger charge is 2.26. The van der Waals surface area contributed by atoms with Gasteiger partial charge in [-0.2, -0.15) is 4.98 Å². The molecule has 106 valence electrons. The van der Waals surface area contributed by atoms with Crippen LogP contribution in [0.2, 0.25) is 0 Å². The highest BCUT2D eigenvalue weighted by molar-refractivity contribution is 5.91. The number of aromatic carboxylic acids is 1. The quantitative estimate of drug-likeness (QED) is 0.892. The van der Waals surface area contributed by atoms with E-state index in [1.807, 2.05) is 0 Å². The van der Waals surface area contributed by atoms with E-state index < -0.39 is 5.97 Å². The molecule has 2 heterocycles. The van der Waals surface area contributed by atoms with Gasteiger partial charge in [0.2, 0.25) is 0 Å². The fraction of sp³-hybridized carbons (Fsp3) is 0.538. The molecular weight excluding hydrogens is 260 g/mol. The molecule has 1 fully saturated rings. The number of nitrogens with one attached hydrogen (secondary N) is 1. The summed E-state index contributed by atoms with van der Waals surface area (Å²) in [4.78, 5) is 21.8. The number of imidazole rings is 1. The van der Waals surface area contributed by atoms with E-state index in [1.54, 1.807) is 0 Å². The number of carbonyl (C=O) groups is 1. The van der Waals surface area contributed by atoms with E-state index in [2.05, 4.69) is 27.0 Å². The Labute approximate surface area is 115 Å². The van der Waals surface area contributed by atoms with Gasteiger partial charge in [-0.3, -0.25) is 0 Å². The lowest BCUT2D eigenvalue weighted by Gasteiger charge is -2.23. The molecule has 0 bridgehead atoms. The van der Waals surface area contributed by atoms with Crippen LogP contribution in [0, 0.1) is 5.92 Å². The van der Waals surface area contributed by atoms with Gasteiger partial charge in [-0.15, -0.1) is 0 Å². The zero-order chi connectivity index (χ0) is 14.1. The van der Waals surface area contributed by atoms with Crippen molar-refractivity contribution in [2.45, 2.75) is 38.5 Å². The van der Waals surface area contributed by atoms with Gasteiger partial charge in [0, 0.05) is 5.92 Å². The molecule has 0 aromatic carbocycles. The molecule has 1 saturated carbocycles. The molecule has 0 saturated heterocycles. The Hall–Kier alpha value is -2.18. The summed E-state index contributed by atoms with van der Waals surface area (Å²) in [5.74, 6) is 0.794. The summed E-state index contributed by atoms with van der Waals surface area (Å²) in [6.45, 7) is 2.25. The van der Waals surface area contributed by atoms with Crippen LogP contribution >= 0.6 is 0 Å². The van der Waals surface area contributed by atoms with Crippen molar-refractivity contribution >= 4 is 5.97 Å². The molecule has 0 amide bonds. The Kier molecular flexibility index (Phi) is 3.25. The van der Waals surface area contributed by atoms with Gasteiger partial charge >= 0.3 is 5.97 Å². The van der Waals surface area contributed by atoms with Crippen LogP contribution in [0.5, 0.6) is 0 Å². The summed E-state index contributed by atoms with van der Waals surface area (Å²) in [5.41, 5.74) is 0.165. The van der Waals surface area contributed by atoms with Crippen molar-refractivity contribution in [3.63, 3.8) is 0 Å². The normalized spacial score (nSPS) is 22.9. The predicted octanol–water partition coefficient (Wildman–Crippen LogP) is 2.45. The molecule has 7 heteroatoms. The molecule has 1 aliphatic rings. The van der Waals surface area contributed by atoms with Gasteiger partial charge in [0.25, 0.3) is 5.89 Å². The molecule has 3 rings (SSSR count). The number of carboxylic acid groups (broad SMARTS) is 1. The Balaban J connectivity index is 1.83. The second kappa shape index (κ2) is 5.07. The summed E-state index contributed by atoms with van der Waals surface area (Å²) in [7, 11) is 0. The Morgan fingerprint density at radius 3 is 2.85 bits per heavy atom. The number of rotatable bonds is 3. The zero-order valence-corrected chi connectivity index (χ0v) is 11.2. The minimum atomic E-state index is -1.12. The number of hydrogen-bond acceptors (Lipinski definition) is 5. The van der Waals surface area contributed by atoms with Crippen molar-refractivity contribution in [1.82, 2.24) is 20.1 Å². The number of H-pyrrole nitrogens is 1. The molecule has 7 nitrogen and oxygen atoms in total. The number of aromatic nitrogens is 4. The maximum absolute atomic E-state index is 11.0. The van der Waals surface area contributed by atoms with Crippen molar-refractivity contribution < 1.29 is 14.4 Å². The van der Waals surface area contributed by atoms with Crippen LogP contribution in [0.4, 0.5) is 0 Å². The third-order valence-electron chi connectivity index (χ3n) is 3.88. The standard InChI is InChI=1S/C13H16N4O3/c1-7-2-4-8(5-3-7)11-16-12(20-17-11)9-10(13(18)19)15-6-14-9/h6-8H,2-5H2,1H3,(H,14,15)(H,18,19). The number of aromatic amines is 1. The molecule has 0 unspecified atom stereocenters. The average molecular weight is 276 g/mol. The van der Waals surface area contributed by atoms with Crippen LogP contribution in [0.15, 0.2) is 10.9 Å². The maximum Gasteiger partial charge on any atom is 0.356 e. The first-order valence-electron chi connectivity index (χ1n) is 6.75. The van der Waals surface area contributed by atoms with Gasteiger partial charge in [0.1, 0.15) is 5.69 Å². The smallest absolute Gasteiger partial charge is 0.356 e. The fourth-order valence-electron chi connectivity index (χ4n) is 2.64.